The van der Waals surface area contributed by atoms with E-state index in [2.05, 4.69) is 15.4 Å². The summed E-state index contributed by atoms with van der Waals surface area (Å²) in [5, 5.41) is 15.3. The molecule has 0 aliphatic heterocycles. The molecule has 2 aromatic heterocycles. The monoisotopic (exact) mass is 274 g/mol. The van der Waals surface area contributed by atoms with Gasteiger partial charge in [-0.1, -0.05) is 0 Å². The van der Waals surface area contributed by atoms with E-state index >= 15 is 0 Å². The minimum absolute atomic E-state index is 0.143. The van der Waals surface area contributed by atoms with Crippen molar-refractivity contribution in [2.45, 2.75) is 13.3 Å². The van der Waals surface area contributed by atoms with Crippen molar-refractivity contribution in [3.63, 3.8) is 0 Å². The molecule has 2 aromatic rings. The number of aromatic nitrogens is 3. The molecule has 0 bridgehead atoms. The van der Waals surface area contributed by atoms with Crippen LogP contribution in [0.2, 0.25) is 0 Å². The molecule has 1 amide bonds. The van der Waals surface area contributed by atoms with Crippen LogP contribution in [0.4, 0.5) is 5.69 Å². The van der Waals surface area contributed by atoms with Gasteiger partial charge in [-0.3, -0.25) is 19.3 Å². The number of carbonyl (C=O) groups excluding carboxylic acids is 1. The van der Waals surface area contributed by atoms with Crippen LogP contribution in [0.1, 0.15) is 21.7 Å². The van der Waals surface area contributed by atoms with Crippen molar-refractivity contribution in [3.05, 3.63) is 41.5 Å². The number of aryl methyl sites for hydroxylation is 1. The number of carboxylic acids is 1. The van der Waals surface area contributed by atoms with Crippen LogP contribution >= 0.6 is 0 Å². The fraction of sp³-hybridized carbons (Fsp3) is 0.231. The Bertz CT molecular complexity index is 646. The van der Waals surface area contributed by atoms with Crippen molar-refractivity contribution < 1.29 is 14.7 Å². The maximum Gasteiger partial charge on any atom is 0.309 e. The van der Waals surface area contributed by atoms with Gasteiger partial charge in [0.25, 0.3) is 5.91 Å². The number of anilines is 1. The molecule has 2 rings (SSSR count). The third-order valence-corrected chi connectivity index (χ3v) is 2.89. The predicted octanol–water partition coefficient (Wildman–Crippen LogP) is 1.00. The molecule has 0 fully saturated rings. The lowest BCUT2D eigenvalue weighted by Crippen LogP contribution is -2.13. The Labute approximate surface area is 115 Å². The molecule has 0 radical (unpaired) electrons. The summed E-state index contributed by atoms with van der Waals surface area (Å²) in [6, 6.07) is 3.19. The van der Waals surface area contributed by atoms with Gasteiger partial charge in [0, 0.05) is 12.7 Å². The summed E-state index contributed by atoms with van der Waals surface area (Å²) in [7, 11) is 1.76. The first-order valence-electron chi connectivity index (χ1n) is 5.94. The largest absolute Gasteiger partial charge is 0.481 e. The Hall–Kier alpha value is -2.70. The van der Waals surface area contributed by atoms with Gasteiger partial charge in [0.2, 0.25) is 0 Å². The number of carboxylic acid groups (broad SMARTS) is 1. The number of amides is 1. The van der Waals surface area contributed by atoms with E-state index in [0.717, 1.165) is 5.69 Å². The van der Waals surface area contributed by atoms with Gasteiger partial charge < -0.3 is 10.4 Å². The van der Waals surface area contributed by atoms with E-state index in [9.17, 15) is 9.59 Å². The highest BCUT2D eigenvalue weighted by atomic mass is 16.4. The highest BCUT2D eigenvalue weighted by molar-refractivity contribution is 6.04. The standard InChI is InChI=1S/C13H14N4O3/c1-8-11(7-15-17(8)2)13(20)16-10-4-3-9(14-6-10)5-12(18)19/h3-4,6-7H,5H2,1-2H3,(H,16,20)(H,18,19). The van der Waals surface area contributed by atoms with E-state index in [1.54, 1.807) is 30.8 Å². The highest BCUT2D eigenvalue weighted by Gasteiger charge is 2.13. The average Bonchev–Trinajstić information content (AvgIpc) is 2.72. The fourth-order valence-corrected chi connectivity index (χ4v) is 1.68. The van der Waals surface area contributed by atoms with Crippen molar-refractivity contribution in [2.75, 3.05) is 5.32 Å². The van der Waals surface area contributed by atoms with Crippen LogP contribution in [0.3, 0.4) is 0 Å². The van der Waals surface area contributed by atoms with Crippen LogP contribution in [0.15, 0.2) is 24.5 Å². The highest BCUT2D eigenvalue weighted by Crippen LogP contribution is 2.11. The lowest BCUT2D eigenvalue weighted by molar-refractivity contribution is -0.136. The normalized spacial score (nSPS) is 10.3. The zero-order valence-corrected chi connectivity index (χ0v) is 11.1. The van der Waals surface area contributed by atoms with Crippen molar-refractivity contribution in [1.29, 1.82) is 0 Å². The van der Waals surface area contributed by atoms with Gasteiger partial charge in [-0.05, 0) is 19.1 Å². The molecule has 20 heavy (non-hydrogen) atoms. The average molecular weight is 274 g/mol. The second-order valence-corrected chi connectivity index (χ2v) is 4.33. The Balaban J connectivity index is 2.08. The lowest BCUT2D eigenvalue weighted by atomic mass is 10.2. The Morgan fingerprint density at radius 1 is 1.35 bits per heavy atom. The van der Waals surface area contributed by atoms with Gasteiger partial charge in [0.05, 0.1) is 35.8 Å². The maximum atomic E-state index is 12.0. The summed E-state index contributed by atoms with van der Waals surface area (Å²) < 4.78 is 1.61. The fourth-order valence-electron chi connectivity index (χ4n) is 1.68. The summed E-state index contributed by atoms with van der Waals surface area (Å²) in [5.74, 6) is -1.22. The van der Waals surface area contributed by atoms with Crippen LogP contribution in [-0.2, 0) is 18.3 Å². The number of nitrogens with zero attached hydrogens (tertiary/aromatic N) is 3. The summed E-state index contributed by atoms with van der Waals surface area (Å²) in [6.07, 6.45) is 2.79. The first kappa shape index (κ1) is 13.7. The van der Waals surface area contributed by atoms with Gasteiger partial charge >= 0.3 is 5.97 Å². The summed E-state index contributed by atoms with van der Waals surface area (Å²) in [6.45, 7) is 1.80. The second-order valence-electron chi connectivity index (χ2n) is 4.33. The van der Waals surface area contributed by atoms with E-state index in [1.807, 2.05) is 0 Å². The Kier molecular flexibility index (Phi) is 3.79. The second kappa shape index (κ2) is 5.52. The smallest absolute Gasteiger partial charge is 0.309 e. The molecule has 0 unspecified atom stereocenters. The first-order valence-corrected chi connectivity index (χ1v) is 5.94. The van der Waals surface area contributed by atoms with Crippen LogP contribution in [-0.4, -0.2) is 31.7 Å². The minimum atomic E-state index is -0.944. The number of aliphatic carboxylic acids is 1. The molecule has 104 valence electrons. The van der Waals surface area contributed by atoms with Crippen LogP contribution in [0, 0.1) is 6.92 Å². The maximum absolute atomic E-state index is 12.0. The van der Waals surface area contributed by atoms with E-state index < -0.39 is 5.97 Å². The molecule has 0 spiro atoms. The van der Waals surface area contributed by atoms with Gasteiger partial charge in [-0.15, -0.1) is 0 Å². The topological polar surface area (TPSA) is 97.1 Å². The number of nitrogens with one attached hydrogen (secondary N) is 1. The number of pyridine rings is 1. The summed E-state index contributed by atoms with van der Waals surface area (Å²) in [4.78, 5) is 26.5. The van der Waals surface area contributed by atoms with Crippen LogP contribution in [0.25, 0.3) is 0 Å². The minimum Gasteiger partial charge on any atom is -0.481 e. The van der Waals surface area contributed by atoms with Crippen LogP contribution < -0.4 is 5.32 Å². The molecule has 7 heteroatoms. The van der Waals surface area contributed by atoms with Gasteiger partial charge in [0.1, 0.15) is 0 Å². The van der Waals surface area contributed by atoms with Crippen molar-refractivity contribution in [2.24, 2.45) is 7.05 Å². The molecular formula is C13H14N4O3. The molecule has 0 saturated carbocycles. The Morgan fingerprint density at radius 2 is 2.10 bits per heavy atom. The molecule has 7 nitrogen and oxygen atoms in total. The van der Waals surface area contributed by atoms with E-state index in [1.165, 1.54) is 12.4 Å². The number of hydrogen-bond acceptors (Lipinski definition) is 4. The van der Waals surface area contributed by atoms with E-state index in [0.29, 0.717) is 16.9 Å². The molecule has 0 saturated heterocycles. The predicted molar refractivity (Wildman–Crippen MR) is 71.5 cm³/mol. The third-order valence-electron chi connectivity index (χ3n) is 2.89. The zero-order chi connectivity index (χ0) is 14.7. The quantitative estimate of drug-likeness (QED) is 0.867. The molecule has 2 heterocycles. The molecule has 0 aliphatic carbocycles. The van der Waals surface area contributed by atoms with Crippen molar-refractivity contribution in [1.82, 2.24) is 14.8 Å². The summed E-state index contributed by atoms with van der Waals surface area (Å²) >= 11 is 0. The number of rotatable bonds is 4. The third kappa shape index (κ3) is 3.00. The molecular weight excluding hydrogens is 260 g/mol. The lowest BCUT2D eigenvalue weighted by Gasteiger charge is -2.05. The first-order chi connectivity index (χ1) is 9.47. The van der Waals surface area contributed by atoms with Gasteiger partial charge in [-0.2, -0.15) is 5.10 Å². The SMILES string of the molecule is Cc1c(C(=O)Nc2ccc(CC(=O)O)nc2)cnn1C. The number of hydrogen-bond donors (Lipinski definition) is 2. The van der Waals surface area contributed by atoms with Gasteiger partial charge in [0.15, 0.2) is 0 Å². The van der Waals surface area contributed by atoms with Gasteiger partial charge in [-0.25, -0.2) is 0 Å². The summed E-state index contributed by atoms with van der Waals surface area (Å²) in [5.41, 5.74) is 2.19. The molecule has 2 N–H and O–H groups in total. The molecule has 0 aliphatic rings. The van der Waals surface area contributed by atoms with Crippen LogP contribution in [0.5, 0.6) is 0 Å². The molecule has 0 atom stereocenters. The Morgan fingerprint density at radius 3 is 2.60 bits per heavy atom. The van der Waals surface area contributed by atoms with Crippen molar-refractivity contribution >= 4 is 17.6 Å². The zero-order valence-electron chi connectivity index (χ0n) is 11.1. The van der Waals surface area contributed by atoms with E-state index in [-0.39, 0.29) is 12.3 Å². The number of carbonyl (C=O) groups is 2. The molecule has 0 aromatic carbocycles. The van der Waals surface area contributed by atoms with Crippen molar-refractivity contribution in [3.8, 4) is 0 Å². The van der Waals surface area contributed by atoms with E-state index in [4.69, 9.17) is 5.11 Å².